The van der Waals surface area contributed by atoms with Gasteiger partial charge in [0.2, 0.25) is 5.95 Å². The number of hydrogen-bond donors (Lipinski definition) is 0. The molecule has 0 saturated carbocycles. The van der Waals surface area contributed by atoms with Crippen LogP contribution < -0.4 is 14.4 Å². The SMILES string of the molecule is CCOC(=O)[C@H]1CCCN(c2nc3ccc(C)cc3c3nnc(-c4cc(OC)cc(OC)c4)n23)C1. The summed E-state index contributed by atoms with van der Waals surface area (Å²) < 4.78 is 18.3. The van der Waals surface area contributed by atoms with E-state index >= 15 is 0 Å². The summed E-state index contributed by atoms with van der Waals surface area (Å²) in [6.45, 7) is 5.55. The second-order valence-corrected chi connectivity index (χ2v) is 8.75. The van der Waals surface area contributed by atoms with E-state index in [1.165, 1.54) is 0 Å². The van der Waals surface area contributed by atoms with Crippen molar-refractivity contribution < 1.29 is 19.0 Å². The second-order valence-electron chi connectivity index (χ2n) is 8.75. The van der Waals surface area contributed by atoms with Gasteiger partial charge in [-0.25, -0.2) is 9.38 Å². The largest absolute Gasteiger partial charge is 0.497 e. The third-order valence-corrected chi connectivity index (χ3v) is 6.41. The summed E-state index contributed by atoms with van der Waals surface area (Å²) in [5.74, 6) is 2.27. The number of carbonyl (C=O) groups excluding carboxylic acids is 1. The molecule has 9 nitrogen and oxygen atoms in total. The molecule has 1 fully saturated rings. The lowest BCUT2D eigenvalue weighted by molar-refractivity contribution is -0.148. The maximum atomic E-state index is 12.5. The number of ether oxygens (including phenoxy) is 3. The first-order valence-corrected chi connectivity index (χ1v) is 11.8. The van der Waals surface area contributed by atoms with E-state index in [0.717, 1.165) is 41.4 Å². The number of aromatic nitrogens is 4. The maximum Gasteiger partial charge on any atom is 0.310 e. The van der Waals surface area contributed by atoms with Gasteiger partial charge in [0.05, 0.1) is 32.3 Å². The molecule has 1 atom stereocenters. The van der Waals surface area contributed by atoms with Gasteiger partial charge in [0, 0.05) is 30.1 Å². The molecule has 35 heavy (non-hydrogen) atoms. The van der Waals surface area contributed by atoms with Crippen molar-refractivity contribution in [1.29, 1.82) is 0 Å². The van der Waals surface area contributed by atoms with Gasteiger partial charge in [0.1, 0.15) is 11.5 Å². The van der Waals surface area contributed by atoms with E-state index in [9.17, 15) is 4.79 Å². The molecule has 0 radical (unpaired) electrons. The van der Waals surface area contributed by atoms with Crippen LogP contribution in [-0.4, -0.2) is 59.5 Å². The number of nitrogens with zero attached hydrogens (tertiary/aromatic N) is 5. The van der Waals surface area contributed by atoms with Crippen molar-refractivity contribution in [1.82, 2.24) is 19.6 Å². The van der Waals surface area contributed by atoms with Crippen LogP contribution in [-0.2, 0) is 9.53 Å². The second kappa shape index (κ2) is 9.40. The fourth-order valence-electron chi connectivity index (χ4n) is 4.68. The molecule has 1 saturated heterocycles. The molecule has 0 unspecified atom stereocenters. The van der Waals surface area contributed by atoms with Gasteiger partial charge >= 0.3 is 5.97 Å². The predicted octanol–water partition coefficient (Wildman–Crippen LogP) is 4.05. The summed E-state index contributed by atoms with van der Waals surface area (Å²) in [5.41, 5.74) is 3.45. The molecule has 1 aliphatic heterocycles. The van der Waals surface area contributed by atoms with E-state index in [2.05, 4.69) is 21.2 Å². The molecule has 0 amide bonds. The maximum absolute atomic E-state index is 12.5. The van der Waals surface area contributed by atoms with Crippen LogP contribution in [0.4, 0.5) is 5.95 Å². The number of hydrogen-bond acceptors (Lipinski definition) is 8. The Morgan fingerprint density at radius 1 is 1.09 bits per heavy atom. The van der Waals surface area contributed by atoms with Crippen LogP contribution in [0.15, 0.2) is 36.4 Å². The molecular formula is C26H29N5O4. The van der Waals surface area contributed by atoms with Gasteiger partial charge in [-0.2, -0.15) is 0 Å². The zero-order chi connectivity index (χ0) is 24.5. The van der Waals surface area contributed by atoms with E-state index in [1.807, 2.05) is 48.6 Å². The van der Waals surface area contributed by atoms with Gasteiger partial charge in [-0.1, -0.05) is 11.6 Å². The van der Waals surface area contributed by atoms with Gasteiger partial charge in [0.25, 0.3) is 0 Å². The van der Waals surface area contributed by atoms with E-state index in [-0.39, 0.29) is 11.9 Å². The van der Waals surface area contributed by atoms with Crippen LogP contribution in [0, 0.1) is 12.8 Å². The number of aryl methyl sites for hydroxylation is 1. The number of benzene rings is 2. The molecule has 182 valence electrons. The Kier molecular flexibility index (Phi) is 6.15. The van der Waals surface area contributed by atoms with Gasteiger partial charge < -0.3 is 19.1 Å². The van der Waals surface area contributed by atoms with Crippen molar-refractivity contribution in [3.63, 3.8) is 0 Å². The Hall–Kier alpha value is -3.88. The predicted molar refractivity (Wildman–Crippen MR) is 133 cm³/mol. The van der Waals surface area contributed by atoms with Gasteiger partial charge in [0.15, 0.2) is 11.5 Å². The molecule has 3 heterocycles. The minimum atomic E-state index is -0.203. The average Bonchev–Trinajstić information content (AvgIpc) is 3.34. The average molecular weight is 476 g/mol. The number of rotatable bonds is 6. The summed E-state index contributed by atoms with van der Waals surface area (Å²) in [7, 11) is 3.24. The van der Waals surface area contributed by atoms with E-state index in [0.29, 0.717) is 42.1 Å². The standard InChI is InChI=1S/C26H29N5O4/c1-5-35-25(32)17-7-6-10-30(15-17)26-27-22-9-8-16(2)11-21(22)24-29-28-23(31(24)26)18-12-19(33-3)14-20(13-18)34-4/h8-9,11-14,17H,5-7,10,15H2,1-4H3/t17-/m0/s1. The molecule has 0 bridgehead atoms. The molecule has 0 N–H and O–H groups in total. The Morgan fingerprint density at radius 2 is 1.86 bits per heavy atom. The topological polar surface area (TPSA) is 91.1 Å². The molecule has 9 heteroatoms. The highest BCUT2D eigenvalue weighted by molar-refractivity contribution is 5.94. The number of piperidine rings is 1. The van der Waals surface area contributed by atoms with Gasteiger partial charge in [-0.05, 0) is 51.0 Å². The van der Waals surface area contributed by atoms with Crippen molar-refractivity contribution in [2.45, 2.75) is 26.7 Å². The van der Waals surface area contributed by atoms with Crippen LogP contribution >= 0.6 is 0 Å². The summed E-state index contributed by atoms with van der Waals surface area (Å²) in [6, 6.07) is 11.7. The van der Waals surface area contributed by atoms with E-state index < -0.39 is 0 Å². The minimum absolute atomic E-state index is 0.161. The third kappa shape index (κ3) is 4.22. The zero-order valence-electron chi connectivity index (χ0n) is 20.4. The summed E-state index contributed by atoms with van der Waals surface area (Å²) >= 11 is 0. The minimum Gasteiger partial charge on any atom is -0.497 e. The Labute approximate surface area is 203 Å². The first-order chi connectivity index (χ1) is 17.0. The molecular weight excluding hydrogens is 446 g/mol. The number of esters is 1. The zero-order valence-corrected chi connectivity index (χ0v) is 20.4. The molecule has 0 aliphatic carbocycles. The van der Waals surface area contributed by atoms with Crippen LogP contribution in [0.2, 0.25) is 0 Å². The lowest BCUT2D eigenvalue weighted by Gasteiger charge is -2.32. The van der Waals surface area contributed by atoms with E-state index in [4.69, 9.17) is 19.2 Å². The normalized spacial score (nSPS) is 16.0. The van der Waals surface area contributed by atoms with Gasteiger partial charge in [-0.15, -0.1) is 10.2 Å². The van der Waals surface area contributed by atoms with E-state index in [1.54, 1.807) is 14.2 Å². The smallest absolute Gasteiger partial charge is 0.310 e. The highest BCUT2D eigenvalue weighted by Gasteiger charge is 2.30. The Bertz CT molecular complexity index is 1380. The lowest BCUT2D eigenvalue weighted by Crippen LogP contribution is -2.40. The number of fused-ring (bicyclic) bond motifs is 3. The summed E-state index contributed by atoms with van der Waals surface area (Å²) in [5, 5.41) is 10.1. The Morgan fingerprint density at radius 3 is 2.57 bits per heavy atom. The van der Waals surface area contributed by atoms with Crippen molar-refractivity contribution >= 4 is 28.5 Å². The molecule has 4 aromatic rings. The molecule has 2 aromatic heterocycles. The van der Waals surface area contributed by atoms with Crippen LogP contribution in [0.25, 0.3) is 27.9 Å². The first-order valence-electron chi connectivity index (χ1n) is 11.8. The van der Waals surface area contributed by atoms with Crippen molar-refractivity contribution in [3.8, 4) is 22.9 Å². The summed E-state index contributed by atoms with van der Waals surface area (Å²) in [6.07, 6.45) is 1.66. The molecule has 2 aromatic carbocycles. The van der Waals surface area contributed by atoms with Gasteiger partial charge in [-0.3, -0.25) is 4.79 Å². The van der Waals surface area contributed by atoms with Crippen LogP contribution in [0.5, 0.6) is 11.5 Å². The Balaban J connectivity index is 1.72. The fourth-order valence-corrected chi connectivity index (χ4v) is 4.68. The van der Waals surface area contributed by atoms with Crippen molar-refractivity contribution in [2.75, 3.05) is 38.8 Å². The van der Waals surface area contributed by atoms with Crippen LogP contribution in [0.3, 0.4) is 0 Å². The van der Waals surface area contributed by atoms with Crippen molar-refractivity contribution in [3.05, 3.63) is 42.0 Å². The highest BCUT2D eigenvalue weighted by atomic mass is 16.5. The number of carbonyl (C=O) groups is 1. The van der Waals surface area contributed by atoms with Crippen molar-refractivity contribution in [2.24, 2.45) is 5.92 Å². The van der Waals surface area contributed by atoms with Crippen LogP contribution in [0.1, 0.15) is 25.3 Å². The molecule has 1 aliphatic rings. The highest BCUT2D eigenvalue weighted by Crippen LogP contribution is 2.34. The molecule has 0 spiro atoms. The fraction of sp³-hybridized carbons (Fsp3) is 0.385. The molecule has 5 rings (SSSR count). The third-order valence-electron chi connectivity index (χ3n) is 6.41. The number of anilines is 1. The lowest BCUT2D eigenvalue weighted by atomic mass is 9.98. The number of methoxy groups -OCH3 is 2. The quantitative estimate of drug-likeness (QED) is 0.386. The monoisotopic (exact) mass is 475 g/mol. The first kappa shape index (κ1) is 22.9. The summed E-state index contributed by atoms with van der Waals surface area (Å²) in [4.78, 5) is 19.7.